The van der Waals surface area contributed by atoms with Crippen molar-refractivity contribution in [2.75, 3.05) is 39.3 Å². The van der Waals surface area contributed by atoms with Crippen LogP contribution >= 0.6 is 12.4 Å². The normalized spacial score (nSPS) is 21.7. The minimum Gasteiger partial charge on any atom is -0.341 e. The molecule has 2 heterocycles. The summed E-state index contributed by atoms with van der Waals surface area (Å²) in [5.41, 5.74) is 5.92. The Kier molecular flexibility index (Phi) is 8.29. The second-order valence-electron chi connectivity index (χ2n) is 6.46. The highest BCUT2D eigenvalue weighted by Gasteiger charge is 2.31. The van der Waals surface area contributed by atoms with E-state index >= 15 is 0 Å². The van der Waals surface area contributed by atoms with Gasteiger partial charge in [0, 0.05) is 39.3 Å². The average molecular weight is 347 g/mol. The lowest BCUT2D eigenvalue weighted by molar-refractivity contribution is -0.138. The molecule has 2 fully saturated rings. The van der Waals surface area contributed by atoms with Crippen molar-refractivity contribution in [2.24, 2.45) is 5.73 Å². The fourth-order valence-corrected chi connectivity index (χ4v) is 3.36. The van der Waals surface area contributed by atoms with Crippen LogP contribution in [-0.2, 0) is 9.59 Å². The van der Waals surface area contributed by atoms with Gasteiger partial charge in [0.25, 0.3) is 0 Å². The third-order valence-corrected chi connectivity index (χ3v) is 4.87. The number of carbonyl (C=O) groups excluding carboxylic acids is 2. The first-order valence-corrected chi connectivity index (χ1v) is 8.61. The van der Waals surface area contributed by atoms with Crippen LogP contribution in [0.3, 0.4) is 0 Å². The molecule has 7 heteroatoms. The summed E-state index contributed by atoms with van der Waals surface area (Å²) < 4.78 is 0. The molecule has 2 N–H and O–H groups in total. The lowest BCUT2D eigenvalue weighted by atomic mass is 10.1. The van der Waals surface area contributed by atoms with Crippen LogP contribution in [0.25, 0.3) is 0 Å². The van der Waals surface area contributed by atoms with Crippen molar-refractivity contribution in [3.63, 3.8) is 0 Å². The Balaban J connectivity index is 0.00000264. The Morgan fingerprint density at radius 3 is 2.00 bits per heavy atom. The van der Waals surface area contributed by atoms with Crippen molar-refractivity contribution in [1.82, 2.24) is 14.7 Å². The van der Waals surface area contributed by atoms with Crippen LogP contribution in [0.15, 0.2) is 0 Å². The molecule has 2 aliphatic rings. The lowest BCUT2D eigenvalue weighted by Gasteiger charge is -2.39. The molecule has 0 aromatic carbocycles. The maximum Gasteiger partial charge on any atom is 0.239 e. The molecule has 0 aliphatic carbocycles. The van der Waals surface area contributed by atoms with Crippen LogP contribution in [-0.4, -0.2) is 77.9 Å². The zero-order chi connectivity index (χ0) is 16.1. The van der Waals surface area contributed by atoms with Crippen LogP contribution in [0.5, 0.6) is 0 Å². The Morgan fingerprint density at radius 2 is 1.48 bits per heavy atom. The maximum atomic E-state index is 12.4. The minimum atomic E-state index is -0.375. The van der Waals surface area contributed by atoms with Gasteiger partial charge in [-0.3, -0.25) is 14.5 Å². The minimum absolute atomic E-state index is 0. The van der Waals surface area contributed by atoms with Gasteiger partial charge in [0.15, 0.2) is 0 Å². The van der Waals surface area contributed by atoms with Crippen LogP contribution in [0.4, 0.5) is 0 Å². The number of likely N-dealkylation sites (tertiary alicyclic amines) is 1. The van der Waals surface area contributed by atoms with E-state index in [9.17, 15) is 9.59 Å². The quantitative estimate of drug-likeness (QED) is 0.795. The SMILES string of the molecule is CCCC(N)C(=O)N1CCN(C(C)C(=O)N2CCCC2)CC1.Cl. The summed E-state index contributed by atoms with van der Waals surface area (Å²) in [5, 5.41) is 0. The first kappa shape index (κ1) is 20.2. The number of amides is 2. The molecule has 2 amide bonds. The van der Waals surface area contributed by atoms with Crippen molar-refractivity contribution >= 4 is 24.2 Å². The number of rotatable bonds is 5. The molecule has 6 nitrogen and oxygen atoms in total. The topological polar surface area (TPSA) is 69.9 Å². The molecule has 134 valence electrons. The first-order chi connectivity index (χ1) is 10.5. The molecule has 2 rings (SSSR count). The molecule has 2 aliphatic heterocycles. The highest BCUT2D eigenvalue weighted by atomic mass is 35.5. The van der Waals surface area contributed by atoms with Gasteiger partial charge in [0.2, 0.25) is 11.8 Å². The maximum absolute atomic E-state index is 12.4. The van der Waals surface area contributed by atoms with Crippen molar-refractivity contribution in [3.05, 3.63) is 0 Å². The van der Waals surface area contributed by atoms with Gasteiger partial charge in [-0.15, -0.1) is 12.4 Å². The van der Waals surface area contributed by atoms with Gasteiger partial charge in [0.1, 0.15) is 0 Å². The molecule has 0 spiro atoms. The third kappa shape index (κ3) is 5.06. The van der Waals surface area contributed by atoms with Gasteiger partial charge in [-0.2, -0.15) is 0 Å². The second-order valence-corrected chi connectivity index (χ2v) is 6.46. The van der Waals surface area contributed by atoms with Crippen molar-refractivity contribution in [3.8, 4) is 0 Å². The molecule has 23 heavy (non-hydrogen) atoms. The summed E-state index contributed by atoms with van der Waals surface area (Å²) in [7, 11) is 0. The van der Waals surface area contributed by atoms with Crippen LogP contribution in [0.2, 0.25) is 0 Å². The zero-order valence-corrected chi connectivity index (χ0v) is 15.2. The van der Waals surface area contributed by atoms with Gasteiger partial charge in [-0.1, -0.05) is 13.3 Å². The fraction of sp³-hybridized carbons (Fsp3) is 0.875. The Hall–Kier alpha value is -0.850. The largest absolute Gasteiger partial charge is 0.341 e. The molecule has 0 radical (unpaired) electrons. The van der Waals surface area contributed by atoms with Crippen LogP contribution < -0.4 is 5.73 Å². The van der Waals surface area contributed by atoms with E-state index in [1.807, 2.05) is 23.6 Å². The van der Waals surface area contributed by atoms with E-state index in [1.165, 1.54) is 0 Å². The predicted molar refractivity (Wildman–Crippen MR) is 93.6 cm³/mol. The molecule has 2 unspecified atom stereocenters. The lowest BCUT2D eigenvalue weighted by Crippen LogP contribution is -2.57. The fourth-order valence-electron chi connectivity index (χ4n) is 3.36. The first-order valence-electron chi connectivity index (χ1n) is 8.61. The molecular weight excluding hydrogens is 316 g/mol. The summed E-state index contributed by atoms with van der Waals surface area (Å²) in [4.78, 5) is 30.7. The number of halogens is 1. The van der Waals surface area contributed by atoms with Crippen LogP contribution in [0.1, 0.15) is 39.5 Å². The number of nitrogens with two attached hydrogens (primary N) is 1. The van der Waals surface area contributed by atoms with Gasteiger partial charge in [-0.25, -0.2) is 0 Å². The summed E-state index contributed by atoms with van der Waals surface area (Å²) in [6.45, 7) is 8.68. The predicted octanol–water partition coefficient (Wildman–Crippen LogP) is 0.691. The number of hydrogen-bond acceptors (Lipinski definition) is 4. The van der Waals surface area contributed by atoms with Gasteiger partial charge in [0.05, 0.1) is 12.1 Å². The van der Waals surface area contributed by atoms with Crippen molar-refractivity contribution in [2.45, 2.75) is 51.6 Å². The highest BCUT2D eigenvalue weighted by molar-refractivity contribution is 5.85. The summed E-state index contributed by atoms with van der Waals surface area (Å²) in [6, 6.07) is -0.458. The smallest absolute Gasteiger partial charge is 0.239 e. The van der Waals surface area contributed by atoms with E-state index < -0.39 is 0 Å². The summed E-state index contributed by atoms with van der Waals surface area (Å²) in [6.07, 6.45) is 3.91. The number of hydrogen-bond donors (Lipinski definition) is 1. The molecule has 0 aromatic rings. The monoisotopic (exact) mass is 346 g/mol. The third-order valence-electron chi connectivity index (χ3n) is 4.87. The molecule has 0 aromatic heterocycles. The van der Waals surface area contributed by atoms with E-state index in [0.717, 1.165) is 51.9 Å². The van der Waals surface area contributed by atoms with E-state index in [-0.39, 0.29) is 36.3 Å². The second kappa shape index (κ2) is 9.45. The molecular formula is C16H31ClN4O2. The van der Waals surface area contributed by atoms with Gasteiger partial charge >= 0.3 is 0 Å². The van der Waals surface area contributed by atoms with E-state index in [4.69, 9.17) is 5.73 Å². The number of piperazine rings is 1. The summed E-state index contributed by atoms with van der Waals surface area (Å²) >= 11 is 0. The molecule has 0 bridgehead atoms. The molecule has 0 saturated carbocycles. The zero-order valence-electron chi connectivity index (χ0n) is 14.4. The standard InChI is InChI=1S/C16H30N4O2.ClH/c1-3-6-14(17)16(22)20-11-9-18(10-12-20)13(2)15(21)19-7-4-5-8-19;/h13-14H,3-12,17H2,1-2H3;1H. The van der Waals surface area contributed by atoms with E-state index in [0.29, 0.717) is 13.1 Å². The van der Waals surface area contributed by atoms with Gasteiger partial charge < -0.3 is 15.5 Å². The Labute approximate surface area is 145 Å². The van der Waals surface area contributed by atoms with Crippen molar-refractivity contribution in [1.29, 1.82) is 0 Å². The van der Waals surface area contributed by atoms with E-state index in [1.54, 1.807) is 0 Å². The van der Waals surface area contributed by atoms with Gasteiger partial charge in [-0.05, 0) is 26.2 Å². The Bertz CT molecular complexity index is 394. The molecule has 2 saturated heterocycles. The van der Waals surface area contributed by atoms with Crippen molar-refractivity contribution < 1.29 is 9.59 Å². The van der Waals surface area contributed by atoms with E-state index in [2.05, 4.69) is 4.90 Å². The number of nitrogens with zero attached hydrogens (tertiary/aromatic N) is 3. The number of carbonyl (C=O) groups is 2. The summed E-state index contributed by atoms with van der Waals surface area (Å²) in [5.74, 6) is 0.292. The highest BCUT2D eigenvalue weighted by Crippen LogP contribution is 2.14. The molecule has 2 atom stereocenters. The Morgan fingerprint density at radius 1 is 0.957 bits per heavy atom. The average Bonchev–Trinajstić information content (AvgIpc) is 3.07. The van der Waals surface area contributed by atoms with Crippen LogP contribution in [0, 0.1) is 0 Å².